The Labute approximate surface area is 258 Å². The summed E-state index contributed by atoms with van der Waals surface area (Å²) in [5.41, 5.74) is 0.852. The highest BCUT2D eigenvalue weighted by molar-refractivity contribution is 7.85. The minimum Gasteiger partial charge on any atom is -0.744 e. The Balaban J connectivity index is 1.66. The number of carboxylic acids is 2. The molecule has 0 aromatic heterocycles. The summed E-state index contributed by atoms with van der Waals surface area (Å²) in [6, 6.07) is 16.2. The van der Waals surface area contributed by atoms with Crippen LogP contribution in [-0.4, -0.2) is 46.7 Å². The first-order valence-electron chi connectivity index (χ1n) is 13.5. The zero-order valence-electron chi connectivity index (χ0n) is 24.3. The molecular formula is C33H27O11S-. The van der Waals surface area contributed by atoms with Crippen LogP contribution in [0.2, 0.25) is 0 Å². The molecule has 0 aliphatic rings. The molecule has 0 amide bonds. The second-order valence-corrected chi connectivity index (χ2v) is 11.5. The van der Waals surface area contributed by atoms with Gasteiger partial charge < -0.3 is 24.2 Å². The molecule has 0 saturated heterocycles. The number of aryl methyl sites for hydroxylation is 2. The van der Waals surface area contributed by atoms with Gasteiger partial charge >= 0.3 is 11.9 Å². The molecule has 0 bridgehead atoms. The maximum atomic E-state index is 13.4. The molecule has 4 rings (SSSR count). The highest BCUT2D eigenvalue weighted by Crippen LogP contribution is 2.33. The highest BCUT2D eigenvalue weighted by Gasteiger charge is 2.21. The molecule has 232 valence electrons. The molecule has 45 heavy (non-hydrogen) atoms. The minimum atomic E-state index is -5.04. The molecule has 0 atom stereocenters. The second-order valence-electron chi connectivity index (χ2n) is 10.1. The number of Topliss-reactive ketones (excluding diaryl/α,β-unsaturated/α-hetero) is 2. The van der Waals surface area contributed by atoms with Crippen LogP contribution in [0.3, 0.4) is 0 Å². The number of rotatable bonds is 12. The number of carbonyl (C=O) groups excluding carboxylic acids is 2. The summed E-state index contributed by atoms with van der Waals surface area (Å²) in [5.74, 6) is -3.67. The Hall–Kier alpha value is -5.33. The third-order valence-corrected chi connectivity index (χ3v) is 7.65. The van der Waals surface area contributed by atoms with Crippen molar-refractivity contribution >= 4 is 33.6 Å². The Morgan fingerprint density at radius 1 is 0.689 bits per heavy atom. The van der Waals surface area contributed by atoms with Gasteiger partial charge in [-0.2, -0.15) is 0 Å². The molecule has 4 aromatic carbocycles. The molecular weight excluding hydrogens is 604 g/mol. The van der Waals surface area contributed by atoms with Gasteiger partial charge in [0.05, 0.1) is 16.0 Å². The van der Waals surface area contributed by atoms with Crippen LogP contribution in [0.4, 0.5) is 0 Å². The van der Waals surface area contributed by atoms with Crippen molar-refractivity contribution in [2.75, 3.05) is 0 Å². The monoisotopic (exact) mass is 631 g/mol. The number of benzene rings is 4. The summed E-state index contributed by atoms with van der Waals surface area (Å²) in [6.45, 7) is 5.20. The van der Waals surface area contributed by atoms with Crippen molar-refractivity contribution in [2.45, 2.75) is 38.5 Å². The molecule has 0 unspecified atom stereocenters. The standard InChI is InChI=1S/C33H28O11S/c1-4-27(34)25-16-21(7-9-23(25)32(36)37)43-22-8-10-24(33(38)39)26(17-22)28(35)14-20-6-12-30(31(15-20)45(40,41)42)44-29-11-5-18(2)13-19(29)3/h5-13,15-17H,4,14H2,1-3H3,(H,36,37)(H,38,39)(H,40,41,42)/p-1. The van der Waals surface area contributed by atoms with Crippen LogP contribution in [0.1, 0.15) is 71.5 Å². The van der Waals surface area contributed by atoms with Crippen LogP contribution in [0.5, 0.6) is 23.0 Å². The first-order valence-corrected chi connectivity index (χ1v) is 14.9. The van der Waals surface area contributed by atoms with E-state index in [1.165, 1.54) is 42.5 Å². The lowest BCUT2D eigenvalue weighted by Gasteiger charge is -2.17. The average molecular weight is 632 g/mol. The van der Waals surface area contributed by atoms with Crippen molar-refractivity contribution in [1.29, 1.82) is 0 Å². The summed E-state index contributed by atoms with van der Waals surface area (Å²) in [7, 11) is -5.04. The SMILES string of the molecule is CCC(=O)c1cc(Oc2ccc(C(=O)O)c(C(=O)Cc3ccc(Oc4ccc(C)cc4C)c(S(=O)(=O)[O-])c3)c2)ccc1C(=O)O. The fourth-order valence-electron chi connectivity index (χ4n) is 4.59. The Morgan fingerprint density at radius 3 is 1.76 bits per heavy atom. The molecule has 2 N–H and O–H groups in total. The molecule has 4 aromatic rings. The zero-order valence-corrected chi connectivity index (χ0v) is 25.1. The van der Waals surface area contributed by atoms with Gasteiger partial charge in [0.1, 0.15) is 33.1 Å². The van der Waals surface area contributed by atoms with E-state index in [0.717, 1.165) is 17.7 Å². The van der Waals surface area contributed by atoms with Crippen LogP contribution < -0.4 is 9.47 Å². The number of carboxylic acid groups (broad SMARTS) is 2. The Kier molecular flexibility index (Phi) is 9.50. The number of ether oxygens (including phenoxy) is 2. The topological polar surface area (TPSA) is 184 Å². The van der Waals surface area contributed by atoms with Gasteiger partial charge in [0, 0.05) is 24.0 Å². The van der Waals surface area contributed by atoms with Gasteiger partial charge in [-0.05, 0) is 79.6 Å². The molecule has 0 fully saturated rings. The molecule has 12 heteroatoms. The third-order valence-electron chi connectivity index (χ3n) is 6.79. The number of aromatic carboxylic acids is 2. The summed E-state index contributed by atoms with van der Waals surface area (Å²) in [4.78, 5) is 48.5. The van der Waals surface area contributed by atoms with E-state index in [1.807, 2.05) is 13.0 Å². The summed E-state index contributed by atoms with van der Waals surface area (Å²) in [5, 5.41) is 19.1. The minimum absolute atomic E-state index is 0.0152. The van der Waals surface area contributed by atoms with Crippen LogP contribution in [-0.2, 0) is 16.5 Å². The van der Waals surface area contributed by atoms with Gasteiger partial charge in [-0.15, -0.1) is 0 Å². The highest BCUT2D eigenvalue weighted by atomic mass is 32.2. The summed E-state index contributed by atoms with van der Waals surface area (Å²) in [6.07, 6.45) is -0.428. The van der Waals surface area contributed by atoms with E-state index < -0.39 is 44.9 Å². The van der Waals surface area contributed by atoms with Crippen LogP contribution in [0.25, 0.3) is 0 Å². The first kappa shape index (κ1) is 32.6. The average Bonchev–Trinajstić information content (AvgIpc) is 2.98. The summed E-state index contributed by atoms with van der Waals surface area (Å²) < 4.78 is 47.9. The molecule has 0 saturated carbocycles. The van der Waals surface area contributed by atoms with Crippen LogP contribution >= 0.6 is 0 Å². The lowest BCUT2D eigenvalue weighted by molar-refractivity contribution is 0.0683. The van der Waals surface area contributed by atoms with Gasteiger partial charge in [-0.3, -0.25) is 9.59 Å². The number of hydrogen-bond acceptors (Lipinski definition) is 9. The largest absolute Gasteiger partial charge is 0.744 e. The molecule has 11 nitrogen and oxygen atoms in total. The Bertz CT molecular complexity index is 1960. The van der Waals surface area contributed by atoms with E-state index >= 15 is 0 Å². The fraction of sp³-hybridized carbons (Fsp3) is 0.152. The van der Waals surface area contributed by atoms with Crippen molar-refractivity contribution in [1.82, 2.24) is 0 Å². The fourth-order valence-corrected chi connectivity index (χ4v) is 5.24. The van der Waals surface area contributed by atoms with Gasteiger partial charge in [0.15, 0.2) is 11.6 Å². The van der Waals surface area contributed by atoms with Gasteiger partial charge in [0.2, 0.25) is 0 Å². The van der Waals surface area contributed by atoms with Crippen LogP contribution in [0.15, 0.2) is 77.7 Å². The smallest absolute Gasteiger partial charge is 0.336 e. The van der Waals surface area contributed by atoms with Crippen molar-refractivity contribution in [2.24, 2.45) is 0 Å². The van der Waals surface area contributed by atoms with Crippen LogP contribution in [0, 0.1) is 13.8 Å². The maximum absolute atomic E-state index is 13.4. The second kappa shape index (κ2) is 13.1. The number of ketones is 2. The summed E-state index contributed by atoms with van der Waals surface area (Å²) >= 11 is 0. The normalized spacial score (nSPS) is 11.1. The van der Waals surface area contributed by atoms with Crippen molar-refractivity contribution in [3.63, 3.8) is 0 Å². The van der Waals surface area contributed by atoms with Gasteiger partial charge in [0.25, 0.3) is 0 Å². The lowest BCUT2D eigenvalue weighted by Crippen LogP contribution is -2.12. The molecule has 0 aliphatic heterocycles. The Morgan fingerprint density at radius 2 is 1.24 bits per heavy atom. The molecule has 0 heterocycles. The van der Waals surface area contributed by atoms with E-state index in [0.29, 0.717) is 11.3 Å². The van der Waals surface area contributed by atoms with E-state index in [9.17, 15) is 42.4 Å². The predicted molar refractivity (Wildman–Crippen MR) is 160 cm³/mol. The van der Waals surface area contributed by atoms with E-state index in [1.54, 1.807) is 26.0 Å². The van der Waals surface area contributed by atoms with Crippen molar-refractivity contribution in [3.05, 3.63) is 112 Å². The van der Waals surface area contributed by atoms with Crippen molar-refractivity contribution in [3.8, 4) is 23.0 Å². The predicted octanol–water partition coefficient (Wildman–Crippen LogP) is 6.21. The quantitative estimate of drug-likeness (QED) is 0.134. The van der Waals surface area contributed by atoms with Gasteiger partial charge in [-0.25, -0.2) is 18.0 Å². The number of hydrogen-bond donors (Lipinski definition) is 2. The van der Waals surface area contributed by atoms with E-state index in [2.05, 4.69) is 0 Å². The van der Waals surface area contributed by atoms with E-state index in [4.69, 9.17) is 9.47 Å². The lowest BCUT2D eigenvalue weighted by atomic mass is 9.98. The zero-order chi connectivity index (χ0) is 33.1. The molecule has 0 spiro atoms. The third kappa shape index (κ3) is 7.61. The van der Waals surface area contributed by atoms with Crippen molar-refractivity contribution < 1.29 is 51.8 Å². The molecule has 0 aliphatic carbocycles. The van der Waals surface area contributed by atoms with E-state index in [-0.39, 0.29) is 51.5 Å². The number of carbonyl (C=O) groups is 4. The molecule has 0 radical (unpaired) electrons. The first-order chi connectivity index (χ1) is 21.2. The maximum Gasteiger partial charge on any atom is 0.336 e. The van der Waals surface area contributed by atoms with Gasteiger partial charge in [-0.1, -0.05) is 30.7 Å².